The van der Waals surface area contributed by atoms with Gasteiger partial charge in [0.15, 0.2) is 0 Å². The van der Waals surface area contributed by atoms with E-state index in [-0.39, 0.29) is 24.1 Å². The van der Waals surface area contributed by atoms with Crippen LogP contribution in [0, 0.1) is 5.92 Å². The van der Waals surface area contributed by atoms with Crippen LogP contribution in [-0.4, -0.2) is 66.3 Å². The van der Waals surface area contributed by atoms with Crippen molar-refractivity contribution < 1.29 is 9.90 Å². The van der Waals surface area contributed by atoms with Gasteiger partial charge in [0, 0.05) is 45.2 Å². The van der Waals surface area contributed by atoms with Crippen LogP contribution in [0.15, 0.2) is 12.7 Å². The third kappa shape index (κ3) is 4.71. The monoisotopic (exact) mass is 295 g/mol. The molecule has 5 heteroatoms. The molecule has 2 unspecified atom stereocenters. The second kappa shape index (κ2) is 7.80. The van der Waals surface area contributed by atoms with Crippen LogP contribution in [0.3, 0.4) is 0 Å². The van der Waals surface area contributed by atoms with Crippen molar-refractivity contribution in [2.24, 2.45) is 5.92 Å². The van der Waals surface area contributed by atoms with E-state index < -0.39 is 0 Å². The van der Waals surface area contributed by atoms with E-state index in [4.69, 9.17) is 0 Å². The highest BCUT2D eigenvalue weighted by Crippen LogP contribution is 2.26. The molecule has 21 heavy (non-hydrogen) atoms. The fourth-order valence-electron chi connectivity index (χ4n) is 3.39. The van der Waals surface area contributed by atoms with Crippen LogP contribution in [0.25, 0.3) is 0 Å². The fourth-order valence-corrected chi connectivity index (χ4v) is 3.39. The molecule has 2 N–H and O–H groups in total. The molecule has 0 aromatic heterocycles. The van der Waals surface area contributed by atoms with Crippen LogP contribution >= 0.6 is 0 Å². The highest BCUT2D eigenvalue weighted by Gasteiger charge is 2.28. The summed E-state index contributed by atoms with van der Waals surface area (Å²) in [6.07, 6.45) is 6.67. The summed E-state index contributed by atoms with van der Waals surface area (Å²) in [5.74, 6) is 0.246. The number of rotatable bonds is 5. The molecule has 2 atom stereocenters. The number of hydrogen-bond acceptors (Lipinski definition) is 3. The SMILES string of the molecule is C=CCN1CCC(NC(=O)N(C)CC2CCCC2O)CC1. The van der Waals surface area contributed by atoms with Crippen LogP contribution in [0.1, 0.15) is 32.1 Å². The van der Waals surface area contributed by atoms with E-state index in [0.717, 1.165) is 51.7 Å². The Balaban J connectivity index is 1.70. The van der Waals surface area contributed by atoms with E-state index in [1.54, 1.807) is 4.90 Å². The zero-order valence-electron chi connectivity index (χ0n) is 13.1. The number of amides is 2. The fraction of sp³-hybridized carbons (Fsp3) is 0.812. The lowest BCUT2D eigenvalue weighted by molar-refractivity contribution is 0.112. The summed E-state index contributed by atoms with van der Waals surface area (Å²) >= 11 is 0. The second-order valence-corrected chi connectivity index (χ2v) is 6.45. The lowest BCUT2D eigenvalue weighted by Crippen LogP contribution is -2.49. The summed E-state index contributed by atoms with van der Waals surface area (Å²) in [7, 11) is 1.83. The molecule has 2 fully saturated rings. The average Bonchev–Trinajstić information content (AvgIpc) is 2.86. The van der Waals surface area contributed by atoms with Gasteiger partial charge in [-0.25, -0.2) is 4.79 Å². The van der Waals surface area contributed by atoms with E-state index in [2.05, 4.69) is 16.8 Å². The first-order chi connectivity index (χ1) is 10.1. The summed E-state index contributed by atoms with van der Waals surface area (Å²) in [5, 5.41) is 13.0. The third-order valence-electron chi connectivity index (χ3n) is 4.78. The number of aliphatic hydroxyl groups excluding tert-OH is 1. The van der Waals surface area contributed by atoms with Gasteiger partial charge in [-0.05, 0) is 25.7 Å². The molecule has 1 saturated carbocycles. The first kappa shape index (κ1) is 16.3. The van der Waals surface area contributed by atoms with E-state index in [0.29, 0.717) is 6.54 Å². The minimum absolute atomic E-state index is 0.00345. The Morgan fingerprint density at radius 2 is 2.10 bits per heavy atom. The van der Waals surface area contributed by atoms with Gasteiger partial charge in [0.1, 0.15) is 0 Å². The van der Waals surface area contributed by atoms with Gasteiger partial charge in [0.25, 0.3) is 0 Å². The molecule has 2 rings (SSSR count). The Bertz CT molecular complexity index is 353. The van der Waals surface area contributed by atoms with Gasteiger partial charge in [-0.15, -0.1) is 6.58 Å². The number of nitrogens with one attached hydrogen (secondary N) is 1. The Kier molecular flexibility index (Phi) is 6.06. The third-order valence-corrected chi connectivity index (χ3v) is 4.78. The number of aliphatic hydroxyl groups is 1. The van der Waals surface area contributed by atoms with Gasteiger partial charge in [-0.1, -0.05) is 12.5 Å². The van der Waals surface area contributed by atoms with Crippen molar-refractivity contribution in [3.8, 4) is 0 Å². The lowest BCUT2D eigenvalue weighted by Gasteiger charge is -2.33. The average molecular weight is 295 g/mol. The van der Waals surface area contributed by atoms with Crippen LogP contribution in [0.5, 0.6) is 0 Å². The first-order valence-electron chi connectivity index (χ1n) is 8.13. The normalized spacial score (nSPS) is 27.5. The summed E-state index contributed by atoms with van der Waals surface area (Å²) < 4.78 is 0. The van der Waals surface area contributed by atoms with E-state index in [1.165, 1.54) is 0 Å². The number of urea groups is 1. The molecule has 0 radical (unpaired) electrons. The van der Waals surface area contributed by atoms with Gasteiger partial charge in [-0.2, -0.15) is 0 Å². The van der Waals surface area contributed by atoms with Crippen molar-refractivity contribution in [2.45, 2.75) is 44.2 Å². The molecule has 2 aliphatic rings. The predicted octanol–water partition coefficient (Wildman–Crippen LogP) is 1.44. The predicted molar refractivity (Wildman–Crippen MR) is 84.2 cm³/mol. The largest absolute Gasteiger partial charge is 0.393 e. The van der Waals surface area contributed by atoms with Crippen molar-refractivity contribution >= 4 is 6.03 Å². The molecule has 1 aliphatic carbocycles. The molecule has 1 aliphatic heterocycles. The van der Waals surface area contributed by atoms with Crippen LogP contribution in [-0.2, 0) is 0 Å². The second-order valence-electron chi connectivity index (χ2n) is 6.45. The smallest absolute Gasteiger partial charge is 0.317 e. The minimum atomic E-state index is -0.234. The number of carbonyl (C=O) groups is 1. The van der Waals surface area contributed by atoms with E-state index in [9.17, 15) is 9.90 Å². The quantitative estimate of drug-likeness (QED) is 0.755. The Morgan fingerprint density at radius 3 is 2.67 bits per heavy atom. The zero-order valence-corrected chi connectivity index (χ0v) is 13.1. The van der Waals surface area contributed by atoms with Gasteiger partial charge in [0.2, 0.25) is 0 Å². The highest BCUT2D eigenvalue weighted by atomic mass is 16.3. The van der Waals surface area contributed by atoms with Crippen molar-refractivity contribution in [3.63, 3.8) is 0 Å². The summed E-state index contributed by atoms with van der Waals surface area (Å²) in [4.78, 5) is 16.3. The topological polar surface area (TPSA) is 55.8 Å². The molecule has 0 bridgehead atoms. The number of nitrogens with zero attached hydrogens (tertiary/aromatic N) is 2. The summed E-state index contributed by atoms with van der Waals surface area (Å²) in [5.41, 5.74) is 0. The number of carbonyl (C=O) groups excluding carboxylic acids is 1. The molecular formula is C16H29N3O2. The molecule has 0 aromatic rings. The molecule has 1 saturated heterocycles. The number of hydrogen-bond donors (Lipinski definition) is 2. The van der Waals surface area contributed by atoms with Crippen molar-refractivity contribution in [1.82, 2.24) is 15.1 Å². The molecule has 5 nitrogen and oxygen atoms in total. The standard InChI is InChI=1S/C16H29N3O2/c1-3-9-19-10-7-14(8-11-19)17-16(21)18(2)12-13-5-4-6-15(13)20/h3,13-15,20H,1,4-12H2,2H3,(H,17,21). The summed E-state index contributed by atoms with van der Waals surface area (Å²) in [6, 6.07) is 0.269. The van der Waals surface area contributed by atoms with E-state index in [1.807, 2.05) is 13.1 Å². The first-order valence-corrected chi connectivity index (χ1v) is 8.13. The van der Waals surface area contributed by atoms with Crippen LogP contribution in [0.2, 0.25) is 0 Å². The molecule has 0 aromatic carbocycles. The van der Waals surface area contributed by atoms with E-state index >= 15 is 0 Å². The number of likely N-dealkylation sites (tertiary alicyclic amines) is 1. The van der Waals surface area contributed by atoms with Gasteiger partial charge >= 0.3 is 6.03 Å². The Morgan fingerprint density at radius 1 is 1.38 bits per heavy atom. The maximum atomic E-state index is 12.2. The Labute approximate surface area is 128 Å². The highest BCUT2D eigenvalue weighted by molar-refractivity contribution is 5.74. The molecule has 0 spiro atoms. The molecule has 1 heterocycles. The number of piperidine rings is 1. The Hall–Kier alpha value is -1.07. The van der Waals surface area contributed by atoms with Crippen LogP contribution in [0.4, 0.5) is 4.79 Å². The van der Waals surface area contributed by atoms with Gasteiger partial charge in [0.05, 0.1) is 6.10 Å². The van der Waals surface area contributed by atoms with Crippen molar-refractivity contribution in [2.75, 3.05) is 33.2 Å². The maximum Gasteiger partial charge on any atom is 0.317 e. The zero-order chi connectivity index (χ0) is 15.2. The molecule has 120 valence electrons. The van der Waals surface area contributed by atoms with Gasteiger partial charge in [-0.3, -0.25) is 4.90 Å². The maximum absolute atomic E-state index is 12.2. The molecule has 2 amide bonds. The summed E-state index contributed by atoms with van der Waals surface area (Å²) in [6.45, 7) is 7.38. The minimum Gasteiger partial charge on any atom is -0.393 e. The van der Waals surface area contributed by atoms with Crippen molar-refractivity contribution in [3.05, 3.63) is 12.7 Å². The van der Waals surface area contributed by atoms with Gasteiger partial charge < -0.3 is 15.3 Å². The van der Waals surface area contributed by atoms with Crippen molar-refractivity contribution in [1.29, 1.82) is 0 Å². The lowest BCUT2D eigenvalue weighted by atomic mass is 10.0. The molecular weight excluding hydrogens is 266 g/mol. The van der Waals surface area contributed by atoms with Crippen LogP contribution < -0.4 is 5.32 Å².